The van der Waals surface area contributed by atoms with Gasteiger partial charge in [0.25, 0.3) is 0 Å². The summed E-state index contributed by atoms with van der Waals surface area (Å²) in [5.74, 6) is 1.67. The molecule has 1 fully saturated rings. The van der Waals surface area contributed by atoms with Crippen LogP contribution in [0.3, 0.4) is 0 Å². The first-order valence-corrected chi connectivity index (χ1v) is 8.59. The van der Waals surface area contributed by atoms with Crippen LogP contribution in [0.5, 0.6) is 5.75 Å². The molecule has 1 aromatic rings. The van der Waals surface area contributed by atoms with Crippen molar-refractivity contribution in [2.24, 2.45) is 11.3 Å². The Hall–Kier alpha value is -1.64. The maximum absolute atomic E-state index is 5.56. The number of rotatable bonds is 5. The molecule has 0 radical (unpaired) electrons. The van der Waals surface area contributed by atoms with Gasteiger partial charge in [0.1, 0.15) is 5.75 Å². The van der Waals surface area contributed by atoms with Crippen LogP contribution in [-0.2, 0) is 0 Å². The van der Waals surface area contributed by atoms with Crippen molar-refractivity contribution in [2.75, 3.05) is 21.2 Å². The summed E-state index contributed by atoms with van der Waals surface area (Å²) in [7, 11) is 5.85. The lowest BCUT2D eigenvalue weighted by atomic mass is 9.70. The number of nitrogens with zero attached hydrogens (tertiary/aromatic N) is 1. The van der Waals surface area contributed by atoms with Crippen molar-refractivity contribution in [3.8, 4) is 5.75 Å². The van der Waals surface area contributed by atoms with Crippen LogP contribution in [-0.4, -0.2) is 32.1 Å². The molecule has 0 aliphatic heterocycles. The highest BCUT2D eigenvalue weighted by Gasteiger charge is 2.32. The average molecular weight is 316 g/mol. The minimum atomic E-state index is 0.402. The standard InChI is InChI=1S/C20H32N2O/c1-15-11-16(13-20(2,3)12-15)21-18(14-22(4)5)17-9-7-8-10-19(17)23-6/h7-10,14-16,21H,11-13H2,1-6H3/b18-14+. The van der Waals surface area contributed by atoms with Crippen LogP contribution in [0.15, 0.2) is 30.5 Å². The van der Waals surface area contributed by atoms with Gasteiger partial charge >= 0.3 is 0 Å². The van der Waals surface area contributed by atoms with Crippen LogP contribution in [0.25, 0.3) is 5.70 Å². The number of methoxy groups -OCH3 is 1. The van der Waals surface area contributed by atoms with E-state index in [1.54, 1.807) is 7.11 Å². The molecule has 3 nitrogen and oxygen atoms in total. The van der Waals surface area contributed by atoms with Crippen LogP contribution in [0.4, 0.5) is 0 Å². The van der Waals surface area contributed by atoms with E-state index in [1.165, 1.54) is 19.3 Å². The lowest BCUT2D eigenvalue weighted by Gasteiger charge is -2.40. The lowest BCUT2D eigenvalue weighted by molar-refractivity contribution is 0.160. The first-order valence-electron chi connectivity index (χ1n) is 8.59. The van der Waals surface area contributed by atoms with E-state index in [1.807, 2.05) is 12.1 Å². The molecule has 2 rings (SSSR count). The van der Waals surface area contributed by atoms with Crippen LogP contribution in [0, 0.1) is 11.3 Å². The topological polar surface area (TPSA) is 24.5 Å². The molecule has 0 heterocycles. The summed E-state index contributed by atoms with van der Waals surface area (Å²) >= 11 is 0. The van der Waals surface area contributed by atoms with Gasteiger partial charge in [0, 0.05) is 31.9 Å². The number of hydrogen-bond acceptors (Lipinski definition) is 3. The molecule has 128 valence electrons. The summed E-state index contributed by atoms with van der Waals surface area (Å²) in [6, 6.07) is 8.73. The fourth-order valence-electron chi connectivity index (χ4n) is 3.99. The molecular formula is C20H32N2O. The molecule has 3 heteroatoms. The van der Waals surface area contributed by atoms with Gasteiger partial charge in [-0.3, -0.25) is 0 Å². The van der Waals surface area contributed by atoms with Crippen LogP contribution >= 0.6 is 0 Å². The molecule has 2 unspecified atom stereocenters. The average Bonchev–Trinajstić information content (AvgIpc) is 2.43. The van der Waals surface area contributed by atoms with Gasteiger partial charge in [0.05, 0.1) is 12.8 Å². The quantitative estimate of drug-likeness (QED) is 0.873. The lowest BCUT2D eigenvalue weighted by Crippen LogP contribution is -2.39. The number of nitrogens with one attached hydrogen (secondary N) is 1. The van der Waals surface area contributed by atoms with E-state index in [-0.39, 0.29) is 0 Å². The molecule has 1 aliphatic rings. The van der Waals surface area contributed by atoms with Gasteiger partial charge in [-0.1, -0.05) is 32.9 Å². The molecule has 0 saturated heterocycles. The summed E-state index contributed by atoms with van der Waals surface area (Å²) in [6.45, 7) is 7.14. The van der Waals surface area contributed by atoms with Gasteiger partial charge in [-0.05, 0) is 42.7 Å². The normalized spacial score (nSPS) is 24.2. The zero-order valence-corrected chi connectivity index (χ0v) is 15.5. The highest BCUT2D eigenvalue weighted by molar-refractivity contribution is 5.69. The summed E-state index contributed by atoms with van der Waals surface area (Å²) in [4.78, 5) is 2.09. The molecule has 1 aliphatic carbocycles. The molecule has 0 amide bonds. The minimum absolute atomic E-state index is 0.402. The van der Waals surface area contributed by atoms with Gasteiger partial charge in [0.2, 0.25) is 0 Å². The summed E-state index contributed by atoms with van der Waals surface area (Å²) < 4.78 is 5.56. The second kappa shape index (κ2) is 7.29. The Morgan fingerprint density at radius 2 is 1.96 bits per heavy atom. The number of para-hydroxylation sites is 1. The molecule has 1 aromatic carbocycles. The Labute approximate surface area is 141 Å². The molecule has 0 spiro atoms. The second-order valence-electron chi connectivity index (χ2n) is 7.96. The van der Waals surface area contributed by atoms with Gasteiger partial charge < -0.3 is 15.0 Å². The molecule has 1 saturated carbocycles. The first-order chi connectivity index (χ1) is 10.8. The van der Waals surface area contributed by atoms with E-state index < -0.39 is 0 Å². The third-order valence-corrected chi connectivity index (χ3v) is 4.53. The number of benzene rings is 1. The number of ether oxygens (including phenoxy) is 1. The highest BCUT2D eigenvalue weighted by Crippen LogP contribution is 2.39. The van der Waals surface area contributed by atoms with Crippen LogP contribution < -0.4 is 10.1 Å². The Balaban J connectivity index is 2.26. The summed E-state index contributed by atoms with van der Waals surface area (Å²) in [5.41, 5.74) is 2.67. The van der Waals surface area contributed by atoms with Gasteiger partial charge in [-0.15, -0.1) is 0 Å². The third kappa shape index (κ3) is 4.92. The smallest absolute Gasteiger partial charge is 0.128 e. The van der Waals surface area contributed by atoms with Crippen LogP contribution in [0.2, 0.25) is 0 Å². The maximum atomic E-state index is 5.56. The van der Waals surface area contributed by atoms with Crippen molar-refractivity contribution in [1.29, 1.82) is 0 Å². The largest absolute Gasteiger partial charge is 0.496 e. The minimum Gasteiger partial charge on any atom is -0.496 e. The zero-order valence-electron chi connectivity index (χ0n) is 15.5. The molecule has 1 N–H and O–H groups in total. The van der Waals surface area contributed by atoms with E-state index in [2.05, 4.69) is 63.4 Å². The van der Waals surface area contributed by atoms with Gasteiger partial charge in [0.15, 0.2) is 0 Å². The Bertz CT molecular complexity index is 548. The van der Waals surface area contributed by atoms with E-state index in [0.717, 1.165) is 22.9 Å². The van der Waals surface area contributed by atoms with Crippen molar-refractivity contribution in [3.05, 3.63) is 36.0 Å². The Morgan fingerprint density at radius 1 is 1.26 bits per heavy atom. The fraction of sp³-hybridized carbons (Fsp3) is 0.600. The third-order valence-electron chi connectivity index (χ3n) is 4.53. The van der Waals surface area contributed by atoms with E-state index in [9.17, 15) is 0 Å². The Morgan fingerprint density at radius 3 is 2.57 bits per heavy atom. The number of hydrogen-bond donors (Lipinski definition) is 1. The molecule has 23 heavy (non-hydrogen) atoms. The summed E-state index contributed by atoms with van der Waals surface area (Å²) in [6.07, 6.45) is 5.90. The van der Waals surface area contributed by atoms with Crippen molar-refractivity contribution >= 4 is 5.70 Å². The SMILES string of the molecule is COc1ccccc1/C(=C\N(C)C)NC1CC(C)CC(C)(C)C1. The van der Waals surface area contributed by atoms with Crippen molar-refractivity contribution in [1.82, 2.24) is 10.2 Å². The molecular weight excluding hydrogens is 284 g/mol. The van der Waals surface area contributed by atoms with E-state index in [4.69, 9.17) is 4.74 Å². The van der Waals surface area contributed by atoms with E-state index in [0.29, 0.717) is 11.5 Å². The molecule has 0 bridgehead atoms. The monoisotopic (exact) mass is 316 g/mol. The predicted octanol–water partition coefficient (Wildman–Crippen LogP) is 4.36. The maximum Gasteiger partial charge on any atom is 0.128 e. The molecule has 0 aromatic heterocycles. The zero-order chi connectivity index (χ0) is 17.0. The molecule has 2 atom stereocenters. The first kappa shape index (κ1) is 17.7. The van der Waals surface area contributed by atoms with E-state index >= 15 is 0 Å². The second-order valence-corrected chi connectivity index (χ2v) is 7.96. The predicted molar refractivity (Wildman–Crippen MR) is 98.4 cm³/mol. The van der Waals surface area contributed by atoms with Crippen molar-refractivity contribution < 1.29 is 4.74 Å². The van der Waals surface area contributed by atoms with Crippen molar-refractivity contribution in [3.63, 3.8) is 0 Å². The van der Waals surface area contributed by atoms with Crippen LogP contribution in [0.1, 0.15) is 45.6 Å². The van der Waals surface area contributed by atoms with Crippen molar-refractivity contribution in [2.45, 2.75) is 46.1 Å². The fourth-order valence-corrected chi connectivity index (χ4v) is 3.99. The van der Waals surface area contributed by atoms with Gasteiger partial charge in [-0.2, -0.15) is 0 Å². The highest BCUT2D eigenvalue weighted by atomic mass is 16.5. The Kier molecular flexibility index (Phi) is 5.61. The van der Waals surface area contributed by atoms with Gasteiger partial charge in [-0.25, -0.2) is 0 Å². The summed E-state index contributed by atoms with van der Waals surface area (Å²) in [5, 5.41) is 3.80.